The molecule has 1 amide bonds. The molecule has 0 unspecified atom stereocenters. The fourth-order valence-corrected chi connectivity index (χ4v) is 1.65. The Labute approximate surface area is 108 Å². The molecule has 0 saturated carbocycles. The van der Waals surface area contributed by atoms with E-state index in [1.807, 2.05) is 0 Å². The van der Waals surface area contributed by atoms with Gasteiger partial charge in [0.2, 0.25) is 0 Å². The minimum Gasteiger partial charge on any atom is -0.478 e. The third-order valence-electron chi connectivity index (χ3n) is 2.50. The largest absolute Gasteiger partial charge is 0.478 e. The monoisotopic (exact) mass is 260 g/mol. The number of hydrogen-bond donors (Lipinski definition) is 2. The van der Waals surface area contributed by atoms with Crippen LogP contribution in [0.3, 0.4) is 0 Å². The number of nitrogens with zero attached hydrogens (tertiary/aromatic N) is 3. The molecule has 2 N–H and O–H groups in total. The van der Waals surface area contributed by atoms with Gasteiger partial charge in [0.15, 0.2) is 0 Å². The van der Waals surface area contributed by atoms with Gasteiger partial charge < -0.3 is 10.4 Å². The number of carbonyl (C=O) groups excluding carboxylic acids is 1. The van der Waals surface area contributed by atoms with Crippen LogP contribution >= 0.6 is 0 Å². The third kappa shape index (κ3) is 2.76. The number of rotatable bonds is 3. The van der Waals surface area contributed by atoms with E-state index in [-0.39, 0.29) is 11.5 Å². The summed E-state index contributed by atoms with van der Waals surface area (Å²) in [5.41, 5.74) is 1.37. The number of amides is 1. The second kappa shape index (κ2) is 4.89. The Bertz CT molecular complexity index is 648. The Morgan fingerprint density at radius 2 is 2.11 bits per heavy atom. The zero-order chi connectivity index (χ0) is 14.0. The molecule has 19 heavy (non-hydrogen) atoms. The Morgan fingerprint density at radius 3 is 2.68 bits per heavy atom. The topological polar surface area (TPSA) is 97.1 Å². The number of hydrogen-bond acceptors (Lipinski definition) is 4. The number of nitrogens with one attached hydrogen (secondary N) is 1. The van der Waals surface area contributed by atoms with E-state index in [2.05, 4.69) is 15.4 Å². The van der Waals surface area contributed by atoms with Gasteiger partial charge in [-0.1, -0.05) is 0 Å². The van der Waals surface area contributed by atoms with E-state index in [1.165, 1.54) is 23.1 Å². The van der Waals surface area contributed by atoms with Crippen molar-refractivity contribution in [2.24, 2.45) is 7.05 Å². The fraction of sp³-hybridized carbons (Fsp3) is 0.167. The van der Waals surface area contributed by atoms with Crippen LogP contribution in [-0.2, 0) is 7.05 Å². The predicted molar refractivity (Wildman–Crippen MR) is 67.1 cm³/mol. The molecule has 7 heteroatoms. The SMILES string of the molecule is Cc1nn(C)cc1C(=O)Nc1cncc(C(=O)O)c1. The standard InChI is InChI=1S/C12H12N4O3/c1-7-10(6-16(2)15-7)11(17)14-9-3-8(12(18)19)4-13-5-9/h3-6H,1-2H3,(H,14,17)(H,18,19). The summed E-state index contributed by atoms with van der Waals surface area (Å²) in [6, 6.07) is 1.35. The van der Waals surface area contributed by atoms with Crippen molar-refractivity contribution in [2.45, 2.75) is 6.92 Å². The molecule has 2 aromatic rings. The van der Waals surface area contributed by atoms with E-state index in [0.29, 0.717) is 16.9 Å². The van der Waals surface area contributed by atoms with Crippen LogP contribution in [0.1, 0.15) is 26.4 Å². The van der Waals surface area contributed by atoms with Gasteiger partial charge >= 0.3 is 5.97 Å². The van der Waals surface area contributed by atoms with Gasteiger partial charge in [-0.2, -0.15) is 5.10 Å². The molecule has 0 aliphatic rings. The highest BCUT2D eigenvalue weighted by Crippen LogP contribution is 2.12. The number of aromatic carboxylic acids is 1. The van der Waals surface area contributed by atoms with E-state index < -0.39 is 5.97 Å². The molecule has 7 nitrogen and oxygen atoms in total. The summed E-state index contributed by atoms with van der Waals surface area (Å²) >= 11 is 0. The Morgan fingerprint density at radius 1 is 1.37 bits per heavy atom. The molecular formula is C12H12N4O3. The van der Waals surface area contributed by atoms with Crippen LogP contribution in [0, 0.1) is 6.92 Å². The molecule has 0 atom stereocenters. The maximum absolute atomic E-state index is 12.0. The molecule has 0 radical (unpaired) electrons. The third-order valence-corrected chi connectivity index (χ3v) is 2.50. The maximum Gasteiger partial charge on any atom is 0.337 e. The highest BCUT2D eigenvalue weighted by Gasteiger charge is 2.13. The number of aromatic nitrogens is 3. The van der Waals surface area contributed by atoms with Crippen LogP contribution in [0.2, 0.25) is 0 Å². The summed E-state index contributed by atoms with van der Waals surface area (Å²) in [7, 11) is 1.72. The van der Waals surface area contributed by atoms with Gasteiger partial charge in [0.05, 0.1) is 28.7 Å². The number of aryl methyl sites for hydroxylation is 2. The summed E-state index contributed by atoms with van der Waals surface area (Å²) in [5.74, 6) is -1.45. The average Bonchev–Trinajstić information content (AvgIpc) is 2.69. The van der Waals surface area contributed by atoms with Crippen LogP contribution in [-0.4, -0.2) is 31.7 Å². The molecule has 0 aliphatic heterocycles. The van der Waals surface area contributed by atoms with Crippen molar-refractivity contribution in [3.8, 4) is 0 Å². The molecule has 0 aromatic carbocycles. The highest BCUT2D eigenvalue weighted by atomic mass is 16.4. The van der Waals surface area contributed by atoms with Gasteiger partial charge in [-0.25, -0.2) is 4.79 Å². The number of pyridine rings is 1. The molecule has 0 aliphatic carbocycles. The van der Waals surface area contributed by atoms with Crippen LogP contribution in [0.4, 0.5) is 5.69 Å². The Hall–Kier alpha value is -2.70. The molecule has 0 saturated heterocycles. The maximum atomic E-state index is 12.0. The van der Waals surface area contributed by atoms with Crippen LogP contribution in [0.15, 0.2) is 24.7 Å². The van der Waals surface area contributed by atoms with Crippen LogP contribution < -0.4 is 5.32 Å². The second-order valence-electron chi connectivity index (χ2n) is 4.02. The zero-order valence-electron chi connectivity index (χ0n) is 10.4. The minimum atomic E-state index is -1.10. The normalized spacial score (nSPS) is 10.2. The van der Waals surface area contributed by atoms with Gasteiger partial charge in [0.1, 0.15) is 0 Å². The van der Waals surface area contributed by atoms with Gasteiger partial charge in [0, 0.05) is 19.4 Å². The van der Waals surface area contributed by atoms with Gasteiger partial charge in [-0.15, -0.1) is 0 Å². The summed E-state index contributed by atoms with van der Waals surface area (Å²) in [4.78, 5) is 26.6. The number of carbonyl (C=O) groups is 2. The molecular weight excluding hydrogens is 248 g/mol. The van der Waals surface area contributed by atoms with Gasteiger partial charge in [0.25, 0.3) is 5.91 Å². The number of carboxylic acid groups (broad SMARTS) is 1. The van der Waals surface area contributed by atoms with Gasteiger partial charge in [-0.3, -0.25) is 14.5 Å². The van der Waals surface area contributed by atoms with Crippen molar-refractivity contribution in [1.82, 2.24) is 14.8 Å². The summed E-state index contributed by atoms with van der Waals surface area (Å²) in [5, 5.41) is 15.5. The van der Waals surface area contributed by atoms with Crippen molar-refractivity contribution < 1.29 is 14.7 Å². The van der Waals surface area contributed by atoms with E-state index in [0.717, 1.165) is 0 Å². The lowest BCUT2D eigenvalue weighted by atomic mass is 10.2. The first-order chi connectivity index (χ1) is 8.97. The molecule has 2 aromatic heterocycles. The predicted octanol–water partition coefficient (Wildman–Crippen LogP) is 1.07. The lowest BCUT2D eigenvalue weighted by Gasteiger charge is -2.04. The smallest absolute Gasteiger partial charge is 0.337 e. The number of anilines is 1. The quantitative estimate of drug-likeness (QED) is 0.860. The van der Waals surface area contributed by atoms with Crippen molar-refractivity contribution in [3.63, 3.8) is 0 Å². The minimum absolute atomic E-state index is 0.0145. The highest BCUT2D eigenvalue weighted by molar-refractivity contribution is 6.05. The first kappa shape index (κ1) is 12.7. The van der Waals surface area contributed by atoms with Crippen LogP contribution in [0.25, 0.3) is 0 Å². The molecule has 0 fully saturated rings. The summed E-state index contributed by atoms with van der Waals surface area (Å²) in [6.07, 6.45) is 4.20. The van der Waals surface area contributed by atoms with Crippen molar-refractivity contribution in [3.05, 3.63) is 41.5 Å². The van der Waals surface area contributed by atoms with Gasteiger partial charge in [-0.05, 0) is 13.0 Å². The second-order valence-corrected chi connectivity index (χ2v) is 4.02. The van der Waals surface area contributed by atoms with E-state index >= 15 is 0 Å². The Kier molecular flexibility index (Phi) is 3.28. The lowest BCUT2D eigenvalue weighted by Crippen LogP contribution is -2.13. The molecule has 0 spiro atoms. The number of carboxylic acids is 1. The van der Waals surface area contributed by atoms with E-state index in [1.54, 1.807) is 20.2 Å². The average molecular weight is 260 g/mol. The molecule has 98 valence electrons. The van der Waals surface area contributed by atoms with Crippen molar-refractivity contribution in [2.75, 3.05) is 5.32 Å². The summed E-state index contributed by atoms with van der Waals surface area (Å²) < 4.78 is 1.54. The van der Waals surface area contributed by atoms with Crippen molar-refractivity contribution in [1.29, 1.82) is 0 Å². The lowest BCUT2D eigenvalue weighted by molar-refractivity contribution is 0.0696. The fourth-order valence-electron chi connectivity index (χ4n) is 1.65. The van der Waals surface area contributed by atoms with Crippen molar-refractivity contribution >= 4 is 17.6 Å². The zero-order valence-corrected chi connectivity index (χ0v) is 10.4. The molecule has 0 bridgehead atoms. The Balaban J connectivity index is 2.21. The van der Waals surface area contributed by atoms with E-state index in [4.69, 9.17) is 5.11 Å². The van der Waals surface area contributed by atoms with E-state index in [9.17, 15) is 9.59 Å². The summed E-state index contributed by atoms with van der Waals surface area (Å²) in [6.45, 7) is 1.72. The van der Waals surface area contributed by atoms with Crippen LogP contribution in [0.5, 0.6) is 0 Å². The first-order valence-corrected chi connectivity index (χ1v) is 5.47. The molecule has 2 rings (SSSR count). The molecule has 2 heterocycles. The first-order valence-electron chi connectivity index (χ1n) is 5.47.